The lowest BCUT2D eigenvalue weighted by atomic mass is 10.0. The second kappa shape index (κ2) is 12.2. The second-order valence-electron chi connectivity index (χ2n) is 7.63. The van der Waals surface area contributed by atoms with E-state index in [2.05, 4.69) is 11.9 Å². The van der Waals surface area contributed by atoms with E-state index in [-0.39, 0.29) is 32.0 Å². The van der Waals surface area contributed by atoms with Crippen molar-refractivity contribution in [3.8, 4) is 5.75 Å². The SMILES string of the molecule is C=CCNC(=O)[C@H](Cc1ccccc1)N(Cc1ccc(OC)cc1)C(=O)CN(C)S(C)(=O)=O. The van der Waals surface area contributed by atoms with Gasteiger partial charge in [0, 0.05) is 26.6 Å². The van der Waals surface area contributed by atoms with E-state index in [0.717, 1.165) is 21.7 Å². The highest BCUT2D eigenvalue weighted by atomic mass is 32.2. The number of nitrogens with one attached hydrogen (secondary N) is 1. The topological polar surface area (TPSA) is 96.0 Å². The van der Waals surface area contributed by atoms with Crippen molar-refractivity contribution in [1.82, 2.24) is 14.5 Å². The van der Waals surface area contributed by atoms with Gasteiger partial charge >= 0.3 is 0 Å². The summed E-state index contributed by atoms with van der Waals surface area (Å²) in [5.74, 6) is -0.158. The number of nitrogens with zero attached hydrogens (tertiary/aromatic N) is 2. The second-order valence-corrected chi connectivity index (χ2v) is 9.72. The summed E-state index contributed by atoms with van der Waals surface area (Å²) in [6.45, 7) is 3.62. The van der Waals surface area contributed by atoms with E-state index >= 15 is 0 Å². The lowest BCUT2D eigenvalue weighted by molar-refractivity contribution is -0.141. The summed E-state index contributed by atoms with van der Waals surface area (Å²) in [6.07, 6.45) is 2.87. The van der Waals surface area contributed by atoms with Crippen molar-refractivity contribution < 1.29 is 22.7 Å². The van der Waals surface area contributed by atoms with Crippen molar-refractivity contribution >= 4 is 21.8 Å². The average molecular weight is 474 g/mol. The molecule has 0 bridgehead atoms. The molecule has 0 fully saturated rings. The third-order valence-corrected chi connectivity index (χ3v) is 6.39. The van der Waals surface area contributed by atoms with E-state index in [4.69, 9.17) is 4.74 Å². The number of carbonyl (C=O) groups excluding carboxylic acids is 2. The Morgan fingerprint density at radius 1 is 1.09 bits per heavy atom. The van der Waals surface area contributed by atoms with E-state index in [0.29, 0.717) is 5.75 Å². The number of carbonyl (C=O) groups is 2. The Morgan fingerprint density at radius 3 is 2.27 bits per heavy atom. The molecular weight excluding hydrogens is 442 g/mol. The first-order valence-corrected chi connectivity index (χ1v) is 12.3. The van der Waals surface area contributed by atoms with Gasteiger partial charge in [-0.25, -0.2) is 8.42 Å². The van der Waals surface area contributed by atoms with Crippen LogP contribution in [0.25, 0.3) is 0 Å². The first-order valence-electron chi connectivity index (χ1n) is 10.4. The van der Waals surface area contributed by atoms with Crippen LogP contribution in [-0.4, -0.2) is 69.0 Å². The Balaban J connectivity index is 2.43. The van der Waals surface area contributed by atoms with Gasteiger partial charge in [-0.05, 0) is 23.3 Å². The van der Waals surface area contributed by atoms with Gasteiger partial charge in [0.2, 0.25) is 21.8 Å². The van der Waals surface area contributed by atoms with Crippen LogP contribution in [0.5, 0.6) is 5.75 Å². The Kier molecular flexibility index (Phi) is 9.62. The van der Waals surface area contributed by atoms with Crippen LogP contribution in [-0.2, 0) is 32.6 Å². The number of benzene rings is 2. The number of ether oxygens (including phenoxy) is 1. The Morgan fingerprint density at radius 2 is 1.73 bits per heavy atom. The number of amides is 2. The molecule has 0 aliphatic rings. The molecular formula is C24H31N3O5S. The van der Waals surface area contributed by atoms with Crippen molar-refractivity contribution in [1.29, 1.82) is 0 Å². The summed E-state index contributed by atoms with van der Waals surface area (Å²) in [5.41, 5.74) is 1.65. The largest absolute Gasteiger partial charge is 0.497 e. The predicted octanol–water partition coefficient (Wildman–Crippen LogP) is 1.83. The van der Waals surface area contributed by atoms with Gasteiger partial charge in [0.1, 0.15) is 11.8 Å². The van der Waals surface area contributed by atoms with Crippen molar-refractivity contribution in [3.05, 3.63) is 78.4 Å². The number of rotatable bonds is 12. The molecule has 2 amide bonds. The third-order valence-electron chi connectivity index (χ3n) is 5.13. The third kappa shape index (κ3) is 8.03. The fourth-order valence-corrected chi connectivity index (χ4v) is 3.52. The van der Waals surface area contributed by atoms with E-state index in [1.54, 1.807) is 37.5 Å². The number of hydrogen-bond donors (Lipinski definition) is 1. The molecule has 0 aliphatic carbocycles. The molecule has 2 aromatic carbocycles. The maximum Gasteiger partial charge on any atom is 0.243 e. The molecule has 0 radical (unpaired) electrons. The van der Waals surface area contributed by atoms with Crippen LogP contribution in [0.1, 0.15) is 11.1 Å². The van der Waals surface area contributed by atoms with Crippen LogP contribution in [0.3, 0.4) is 0 Å². The first kappa shape index (κ1) is 26.1. The maximum atomic E-state index is 13.3. The van der Waals surface area contributed by atoms with E-state index in [1.807, 2.05) is 30.3 Å². The Bertz CT molecular complexity index is 1040. The lowest BCUT2D eigenvalue weighted by Gasteiger charge is -2.32. The fraction of sp³-hybridized carbons (Fsp3) is 0.333. The van der Waals surface area contributed by atoms with Crippen LogP contribution in [0.15, 0.2) is 67.3 Å². The normalized spacial score (nSPS) is 12.1. The van der Waals surface area contributed by atoms with Gasteiger partial charge in [-0.3, -0.25) is 9.59 Å². The highest BCUT2D eigenvalue weighted by Gasteiger charge is 2.31. The molecule has 0 saturated heterocycles. The number of sulfonamides is 1. The maximum absolute atomic E-state index is 13.3. The minimum atomic E-state index is -3.58. The summed E-state index contributed by atoms with van der Waals surface area (Å²) in [6, 6.07) is 15.7. The van der Waals surface area contributed by atoms with Gasteiger partial charge in [-0.1, -0.05) is 48.5 Å². The van der Waals surface area contributed by atoms with Crippen molar-refractivity contribution in [3.63, 3.8) is 0 Å². The highest BCUT2D eigenvalue weighted by molar-refractivity contribution is 7.88. The molecule has 0 saturated carbocycles. The molecule has 178 valence electrons. The quantitative estimate of drug-likeness (QED) is 0.475. The van der Waals surface area contributed by atoms with Crippen LogP contribution < -0.4 is 10.1 Å². The smallest absolute Gasteiger partial charge is 0.243 e. The molecule has 1 atom stereocenters. The van der Waals surface area contributed by atoms with Gasteiger partial charge in [0.15, 0.2) is 0 Å². The lowest BCUT2D eigenvalue weighted by Crippen LogP contribution is -2.53. The summed E-state index contributed by atoms with van der Waals surface area (Å²) in [4.78, 5) is 27.9. The standard InChI is InChI=1S/C24H31N3O5S/c1-5-15-25-24(29)22(16-19-9-7-6-8-10-19)27(23(28)18-26(2)33(4,30)31)17-20-11-13-21(32-3)14-12-20/h5-14,22H,1,15-18H2,2-4H3,(H,25,29)/t22-/m0/s1. The van der Waals surface area contributed by atoms with Crippen molar-refractivity contribution in [2.75, 3.05) is 33.5 Å². The van der Waals surface area contributed by atoms with Crippen LogP contribution in [0.2, 0.25) is 0 Å². The summed E-state index contributed by atoms with van der Waals surface area (Å²) in [5, 5.41) is 2.77. The first-order chi connectivity index (χ1) is 15.7. The minimum absolute atomic E-state index is 0.124. The molecule has 33 heavy (non-hydrogen) atoms. The van der Waals surface area contributed by atoms with Gasteiger partial charge in [0.05, 0.1) is 19.9 Å². The van der Waals surface area contributed by atoms with Crippen molar-refractivity contribution in [2.24, 2.45) is 0 Å². The van der Waals surface area contributed by atoms with Gasteiger partial charge in [-0.15, -0.1) is 6.58 Å². The zero-order valence-electron chi connectivity index (χ0n) is 19.2. The van der Waals surface area contributed by atoms with E-state index in [9.17, 15) is 18.0 Å². The van der Waals surface area contributed by atoms with Crippen molar-refractivity contribution in [2.45, 2.75) is 19.0 Å². The van der Waals surface area contributed by atoms with Gasteiger partial charge in [-0.2, -0.15) is 4.31 Å². The molecule has 0 spiro atoms. The number of methoxy groups -OCH3 is 1. The van der Waals surface area contributed by atoms with Crippen LogP contribution in [0, 0.1) is 0 Å². The van der Waals surface area contributed by atoms with Crippen LogP contribution >= 0.6 is 0 Å². The summed E-state index contributed by atoms with van der Waals surface area (Å²) in [7, 11) is -0.680. The number of hydrogen-bond acceptors (Lipinski definition) is 5. The molecule has 0 aliphatic heterocycles. The highest BCUT2D eigenvalue weighted by Crippen LogP contribution is 2.18. The zero-order chi connectivity index (χ0) is 24.4. The Labute approximate surface area is 195 Å². The average Bonchev–Trinajstić information content (AvgIpc) is 2.80. The molecule has 9 heteroatoms. The Hall–Kier alpha value is -3.17. The fourth-order valence-electron chi connectivity index (χ4n) is 3.17. The summed E-state index contributed by atoms with van der Waals surface area (Å²) >= 11 is 0. The molecule has 0 heterocycles. The monoisotopic (exact) mass is 473 g/mol. The minimum Gasteiger partial charge on any atom is -0.497 e. The molecule has 8 nitrogen and oxygen atoms in total. The van der Waals surface area contributed by atoms with Gasteiger partial charge < -0.3 is 15.0 Å². The zero-order valence-corrected chi connectivity index (χ0v) is 20.0. The molecule has 0 aromatic heterocycles. The van der Waals surface area contributed by atoms with Crippen LogP contribution in [0.4, 0.5) is 0 Å². The van der Waals surface area contributed by atoms with Gasteiger partial charge in [0.25, 0.3) is 0 Å². The molecule has 2 rings (SSSR count). The molecule has 1 N–H and O–H groups in total. The number of likely N-dealkylation sites (N-methyl/N-ethyl adjacent to an activating group) is 1. The predicted molar refractivity (Wildman–Crippen MR) is 128 cm³/mol. The van der Waals surface area contributed by atoms with E-state index < -0.39 is 22.0 Å². The summed E-state index contributed by atoms with van der Waals surface area (Å²) < 4.78 is 30.0. The molecule has 2 aromatic rings. The van der Waals surface area contributed by atoms with E-state index in [1.165, 1.54) is 11.9 Å². The molecule has 0 unspecified atom stereocenters.